The lowest BCUT2D eigenvalue weighted by Crippen LogP contribution is -2.19. The molecule has 0 saturated carbocycles. The fraction of sp³-hybridized carbons (Fsp3) is 0.353. The number of hydrogen-bond donors (Lipinski definition) is 1. The number of nitriles is 1. The van der Waals surface area contributed by atoms with Crippen LogP contribution in [0.15, 0.2) is 36.0 Å². The predicted octanol–water partition coefficient (Wildman–Crippen LogP) is 2.97. The first-order valence-corrected chi connectivity index (χ1v) is 7.22. The Labute approximate surface area is 131 Å². The highest BCUT2D eigenvalue weighted by Gasteiger charge is 2.10. The molecule has 0 spiro atoms. The lowest BCUT2D eigenvalue weighted by atomic mass is 10.1. The van der Waals surface area contributed by atoms with Crippen molar-refractivity contribution in [1.29, 1.82) is 5.26 Å². The summed E-state index contributed by atoms with van der Waals surface area (Å²) < 4.78 is 0. The van der Waals surface area contributed by atoms with Gasteiger partial charge in [0.2, 0.25) is 0 Å². The average Bonchev–Trinajstić information content (AvgIpc) is 2.50. The first-order chi connectivity index (χ1) is 10.5. The van der Waals surface area contributed by atoms with E-state index in [4.69, 9.17) is 5.26 Å². The van der Waals surface area contributed by atoms with Crippen LogP contribution in [0.2, 0.25) is 0 Å². The fourth-order valence-electron chi connectivity index (χ4n) is 1.82. The molecule has 116 valence electrons. The van der Waals surface area contributed by atoms with Gasteiger partial charge in [0.1, 0.15) is 11.6 Å². The summed E-state index contributed by atoms with van der Waals surface area (Å²) in [4.78, 5) is 25.1. The van der Waals surface area contributed by atoms with Crippen molar-refractivity contribution in [3.63, 3.8) is 0 Å². The van der Waals surface area contributed by atoms with Crippen LogP contribution < -0.4 is 5.32 Å². The lowest BCUT2D eigenvalue weighted by molar-refractivity contribution is -0.112. The molecule has 5 heteroatoms. The molecule has 0 radical (unpaired) electrons. The highest BCUT2D eigenvalue weighted by Crippen LogP contribution is 2.11. The molecular formula is C17H21N3O2. The summed E-state index contributed by atoms with van der Waals surface area (Å²) in [7, 11) is 1.84. The van der Waals surface area contributed by atoms with Gasteiger partial charge in [-0.15, -0.1) is 0 Å². The predicted molar refractivity (Wildman–Crippen MR) is 86.3 cm³/mol. The lowest BCUT2D eigenvalue weighted by Gasteiger charge is -2.14. The van der Waals surface area contributed by atoms with Crippen LogP contribution in [0.3, 0.4) is 0 Å². The number of Topliss-reactive ketones (excluding diaryl/α,β-unsaturated/α-hetero) is 1. The van der Waals surface area contributed by atoms with Crippen molar-refractivity contribution in [3.05, 3.63) is 41.6 Å². The maximum atomic E-state index is 12.1. The number of ketones is 1. The van der Waals surface area contributed by atoms with Crippen molar-refractivity contribution >= 4 is 17.4 Å². The smallest absolute Gasteiger partial charge is 0.267 e. The molecule has 0 heterocycles. The van der Waals surface area contributed by atoms with E-state index in [-0.39, 0.29) is 11.4 Å². The maximum absolute atomic E-state index is 12.1. The average molecular weight is 299 g/mol. The zero-order chi connectivity index (χ0) is 16.5. The maximum Gasteiger partial charge on any atom is 0.267 e. The second-order valence-corrected chi connectivity index (χ2v) is 5.08. The van der Waals surface area contributed by atoms with Crippen molar-refractivity contribution in [2.45, 2.75) is 26.7 Å². The van der Waals surface area contributed by atoms with Crippen molar-refractivity contribution < 1.29 is 9.59 Å². The second kappa shape index (κ2) is 8.63. The molecule has 0 bridgehead atoms. The topological polar surface area (TPSA) is 73.2 Å². The van der Waals surface area contributed by atoms with E-state index in [1.807, 2.05) is 18.0 Å². The zero-order valence-corrected chi connectivity index (χ0v) is 13.2. The molecule has 22 heavy (non-hydrogen) atoms. The standard InChI is InChI=1S/C17H21N3O2/c1-4-5-10-20(3)12-15(11-18)17(22)19-16-8-6-14(7-9-16)13(2)21/h6-9,12H,4-5,10H2,1-3H3,(H,19,22)/b15-12-. The van der Waals surface area contributed by atoms with E-state index in [0.29, 0.717) is 11.3 Å². The Kier molecular flexibility index (Phi) is 6.84. The molecule has 0 fully saturated rings. The van der Waals surface area contributed by atoms with Gasteiger partial charge in [0, 0.05) is 31.0 Å². The number of nitrogens with one attached hydrogen (secondary N) is 1. The van der Waals surface area contributed by atoms with E-state index >= 15 is 0 Å². The molecular weight excluding hydrogens is 278 g/mol. The van der Waals surface area contributed by atoms with E-state index in [0.717, 1.165) is 19.4 Å². The highest BCUT2D eigenvalue weighted by atomic mass is 16.1. The van der Waals surface area contributed by atoms with E-state index in [2.05, 4.69) is 12.2 Å². The van der Waals surface area contributed by atoms with Crippen LogP contribution in [-0.2, 0) is 4.79 Å². The van der Waals surface area contributed by atoms with Crippen LogP contribution in [0, 0.1) is 11.3 Å². The molecule has 0 aliphatic heterocycles. The summed E-state index contributed by atoms with van der Waals surface area (Å²) in [6.45, 7) is 4.36. The van der Waals surface area contributed by atoms with E-state index in [1.165, 1.54) is 6.92 Å². The number of nitrogens with zero attached hydrogens (tertiary/aromatic N) is 2. The van der Waals surface area contributed by atoms with Crippen molar-refractivity contribution in [2.75, 3.05) is 18.9 Å². The fourth-order valence-corrected chi connectivity index (χ4v) is 1.82. The van der Waals surface area contributed by atoms with Gasteiger partial charge in [0.05, 0.1) is 0 Å². The summed E-state index contributed by atoms with van der Waals surface area (Å²) in [6.07, 6.45) is 3.60. The third-order valence-electron chi connectivity index (χ3n) is 3.13. The molecule has 1 aromatic rings. The summed E-state index contributed by atoms with van der Waals surface area (Å²) >= 11 is 0. The number of carbonyl (C=O) groups excluding carboxylic acids is 2. The molecule has 1 amide bonds. The van der Waals surface area contributed by atoms with Gasteiger partial charge >= 0.3 is 0 Å². The quantitative estimate of drug-likeness (QED) is 0.477. The molecule has 1 aromatic carbocycles. The van der Waals surface area contributed by atoms with Crippen LogP contribution in [-0.4, -0.2) is 30.2 Å². The summed E-state index contributed by atoms with van der Waals surface area (Å²) in [5.41, 5.74) is 1.18. The van der Waals surface area contributed by atoms with Crippen LogP contribution >= 0.6 is 0 Å². The molecule has 1 N–H and O–H groups in total. The summed E-state index contributed by atoms with van der Waals surface area (Å²) in [5.74, 6) is -0.491. The van der Waals surface area contributed by atoms with Gasteiger partial charge in [-0.25, -0.2) is 0 Å². The zero-order valence-electron chi connectivity index (χ0n) is 13.2. The number of carbonyl (C=O) groups is 2. The number of benzene rings is 1. The van der Waals surface area contributed by atoms with Gasteiger partial charge in [0.15, 0.2) is 5.78 Å². The number of hydrogen-bond acceptors (Lipinski definition) is 4. The second-order valence-electron chi connectivity index (χ2n) is 5.08. The van der Waals surface area contributed by atoms with Gasteiger partial charge in [-0.3, -0.25) is 9.59 Å². The molecule has 0 unspecified atom stereocenters. The normalized spacial score (nSPS) is 10.7. The van der Waals surface area contributed by atoms with E-state index < -0.39 is 5.91 Å². The van der Waals surface area contributed by atoms with Gasteiger partial charge in [-0.05, 0) is 37.6 Å². The highest BCUT2D eigenvalue weighted by molar-refractivity contribution is 6.06. The van der Waals surface area contributed by atoms with Crippen LogP contribution in [0.5, 0.6) is 0 Å². The summed E-state index contributed by atoms with van der Waals surface area (Å²) in [6, 6.07) is 8.48. The SMILES string of the molecule is CCCCN(C)/C=C(/C#N)C(=O)Nc1ccc(C(C)=O)cc1. The van der Waals surface area contributed by atoms with Gasteiger partial charge in [-0.2, -0.15) is 5.26 Å². The first kappa shape index (κ1) is 17.4. The summed E-state index contributed by atoms with van der Waals surface area (Å²) in [5, 5.41) is 11.8. The Morgan fingerprint density at radius 1 is 1.32 bits per heavy atom. The largest absolute Gasteiger partial charge is 0.379 e. The molecule has 0 saturated heterocycles. The Morgan fingerprint density at radius 3 is 2.45 bits per heavy atom. The van der Waals surface area contributed by atoms with Crippen LogP contribution in [0.4, 0.5) is 5.69 Å². The number of anilines is 1. The van der Waals surface area contributed by atoms with Gasteiger partial charge < -0.3 is 10.2 Å². The Balaban J connectivity index is 2.74. The van der Waals surface area contributed by atoms with Gasteiger partial charge in [0.25, 0.3) is 5.91 Å². The third kappa shape index (κ3) is 5.41. The number of unbranched alkanes of at least 4 members (excludes halogenated alkanes) is 1. The first-order valence-electron chi connectivity index (χ1n) is 7.22. The molecule has 0 aromatic heterocycles. The molecule has 0 aliphatic carbocycles. The van der Waals surface area contributed by atoms with Crippen LogP contribution in [0.1, 0.15) is 37.0 Å². The number of amides is 1. The van der Waals surface area contributed by atoms with Crippen molar-refractivity contribution in [1.82, 2.24) is 4.90 Å². The van der Waals surface area contributed by atoms with E-state index in [9.17, 15) is 9.59 Å². The number of rotatable bonds is 7. The van der Waals surface area contributed by atoms with Crippen molar-refractivity contribution in [2.24, 2.45) is 0 Å². The Morgan fingerprint density at radius 2 is 1.95 bits per heavy atom. The minimum atomic E-state index is -0.457. The molecule has 0 aliphatic rings. The minimum absolute atomic E-state index is 0.0342. The molecule has 0 atom stereocenters. The van der Waals surface area contributed by atoms with Crippen molar-refractivity contribution in [3.8, 4) is 6.07 Å². The Bertz CT molecular complexity index is 597. The Hall–Kier alpha value is -2.61. The van der Waals surface area contributed by atoms with E-state index in [1.54, 1.807) is 30.5 Å². The van der Waals surface area contributed by atoms with Gasteiger partial charge in [-0.1, -0.05) is 13.3 Å². The molecule has 1 rings (SSSR count). The van der Waals surface area contributed by atoms with Crippen LogP contribution in [0.25, 0.3) is 0 Å². The third-order valence-corrected chi connectivity index (χ3v) is 3.13. The minimum Gasteiger partial charge on any atom is -0.379 e. The molecule has 5 nitrogen and oxygen atoms in total. The monoisotopic (exact) mass is 299 g/mol.